The highest BCUT2D eigenvalue weighted by Crippen LogP contribution is 2.54. The van der Waals surface area contributed by atoms with Crippen LogP contribution in [0.15, 0.2) is 36.4 Å². The highest BCUT2D eigenvalue weighted by molar-refractivity contribution is 5.62. The van der Waals surface area contributed by atoms with Crippen LogP contribution in [0.5, 0.6) is 11.5 Å². The number of halogens is 1. The zero-order valence-corrected chi connectivity index (χ0v) is 13.6. The van der Waals surface area contributed by atoms with Crippen LogP contribution in [0.4, 0.5) is 10.1 Å². The molecule has 1 unspecified atom stereocenters. The number of fused-ring (bicyclic) bond motifs is 4. The molecule has 2 fully saturated rings. The van der Waals surface area contributed by atoms with E-state index in [0.717, 1.165) is 48.5 Å². The molecule has 1 atom stereocenters. The Morgan fingerprint density at radius 2 is 1.88 bits per heavy atom. The SMILES string of the molecule is Fc1cccc2c1Oc1cc(N3CCCC3)ccc1C21CCCO1. The Bertz CT molecular complexity index is 792. The van der Waals surface area contributed by atoms with Crippen molar-refractivity contribution in [3.63, 3.8) is 0 Å². The normalized spacial score (nSPS) is 24.8. The summed E-state index contributed by atoms with van der Waals surface area (Å²) in [7, 11) is 0. The molecule has 24 heavy (non-hydrogen) atoms. The number of benzene rings is 2. The van der Waals surface area contributed by atoms with Crippen molar-refractivity contribution in [1.29, 1.82) is 0 Å². The number of anilines is 1. The second-order valence-electron chi connectivity index (χ2n) is 6.87. The van der Waals surface area contributed by atoms with Crippen LogP contribution in [-0.4, -0.2) is 19.7 Å². The third kappa shape index (κ3) is 1.92. The van der Waals surface area contributed by atoms with Crippen molar-refractivity contribution in [3.05, 3.63) is 53.3 Å². The Kier molecular flexibility index (Phi) is 3.10. The monoisotopic (exact) mass is 325 g/mol. The van der Waals surface area contributed by atoms with Crippen LogP contribution in [0.3, 0.4) is 0 Å². The first-order chi connectivity index (χ1) is 11.8. The molecule has 0 amide bonds. The standard InChI is InChI=1S/C20H20FNO2/c21-17-6-3-5-16-19(17)24-18-13-14(22-10-1-2-11-22)7-8-15(18)20(16)9-4-12-23-20/h3,5-8,13H,1-2,4,9-12H2. The van der Waals surface area contributed by atoms with Gasteiger partial charge in [0.15, 0.2) is 11.6 Å². The average Bonchev–Trinajstić information content (AvgIpc) is 3.28. The number of para-hydroxylation sites is 1. The van der Waals surface area contributed by atoms with Crippen LogP contribution < -0.4 is 9.64 Å². The van der Waals surface area contributed by atoms with E-state index in [9.17, 15) is 4.39 Å². The summed E-state index contributed by atoms with van der Waals surface area (Å²) < 4.78 is 26.6. The summed E-state index contributed by atoms with van der Waals surface area (Å²) >= 11 is 0. The molecule has 3 nitrogen and oxygen atoms in total. The third-order valence-corrected chi connectivity index (χ3v) is 5.51. The van der Waals surface area contributed by atoms with Crippen molar-refractivity contribution < 1.29 is 13.9 Å². The van der Waals surface area contributed by atoms with Gasteiger partial charge in [-0.05, 0) is 43.9 Å². The van der Waals surface area contributed by atoms with E-state index in [4.69, 9.17) is 9.47 Å². The van der Waals surface area contributed by atoms with E-state index in [-0.39, 0.29) is 5.82 Å². The first-order valence-corrected chi connectivity index (χ1v) is 8.78. The van der Waals surface area contributed by atoms with E-state index in [2.05, 4.69) is 23.1 Å². The lowest BCUT2D eigenvalue weighted by molar-refractivity contribution is 0.0274. The van der Waals surface area contributed by atoms with Crippen molar-refractivity contribution in [2.24, 2.45) is 0 Å². The van der Waals surface area contributed by atoms with Gasteiger partial charge in [0.2, 0.25) is 0 Å². The molecule has 2 aromatic carbocycles. The van der Waals surface area contributed by atoms with Gasteiger partial charge in [0.25, 0.3) is 0 Å². The molecule has 4 heteroatoms. The molecule has 3 aliphatic heterocycles. The van der Waals surface area contributed by atoms with Crippen LogP contribution in [0.1, 0.15) is 36.8 Å². The van der Waals surface area contributed by atoms with Gasteiger partial charge < -0.3 is 14.4 Å². The molecule has 0 bridgehead atoms. The molecular weight excluding hydrogens is 305 g/mol. The zero-order valence-electron chi connectivity index (χ0n) is 13.6. The molecule has 3 aliphatic rings. The van der Waals surface area contributed by atoms with Gasteiger partial charge in [-0.15, -0.1) is 0 Å². The summed E-state index contributed by atoms with van der Waals surface area (Å²) in [4.78, 5) is 2.36. The van der Waals surface area contributed by atoms with Gasteiger partial charge in [0, 0.05) is 42.6 Å². The minimum absolute atomic E-state index is 0.320. The first-order valence-electron chi connectivity index (χ1n) is 8.78. The predicted octanol–water partition coefficient (Wildman–Crippen LogP) is 4.59. The molecule has 0 N–H and O–H groups in total. The lowest BCUT2D eigenvalue weighted by atomic mass is 9.81. The van der Waals surface area contributed by atoms with Gasteiger partial charge in [-0.3, -0.25) is 0 Å². The van der Waals surface area contributed by atoms with Crippen LogP contribution >= 0.6 is 0 Å². The van der Waals surface area contributed by atoms with E-state index in [1.807, 2.05) is 6.07 Å². The molecule has 124 valence electrons. The number of ether oxygens (including phenoxy) is 2. The molecule has 2 saturated heterocycles. The minimum atomic E-state index is -0.561. The minimum Gasteiger partial charge on any atom is -0.453 e. The smallest absolute Gasteiger partial charge is 0.169 e. The van der Waals surface area contributed by atoms with Gasteiger partial charge in [-0.1, -0.05) is 12.1 Å². The second kappa shape index (κ2) is 5.21. The van der Waals surface area contributed by atoms with Crippen LogP contribution in [0.25, 0.3) is 0 Å². The van der Waals surface area contributed by atoms with Crippen LogP contribution in [-0.2, 0) is 10.3 Å². The van der Waals surface area contributed by atoms with E-state index in [1.54, 1.807) is 6.07 Å². The highest BCUT2D eigenvalue weighted by Gasteiger charge is 2.46. The topological polar surface area (TPSA) is 21.7 Å². The summed E-state index contributed by atoms with van der Waals surface area (Å²) in [5.41, 5.74) is 2.44. The maximum atomic E-state index is 14.4. The summed E-state index contributed by atoms with van der Waals surface area (Å²) in [5, 5.41) is 0. The van der Waals surface area contributed by atoms with Gasteiger partial charge in [0.05, 0.1) is 0 Å². The van der Waals surface area contributed by atoms with Crippen molar-refractivity contribution in [3.8, 4) is 11.5 Å². The Labute approximate surface area is 141 Å². The summed E-state index contributed by atoms with van der Waals surface area (Å²) in [6, 6.07) is 11.4. The fourth-order valence-electron chi connectivity index (χ4n) is 4.35. The van der Waals surface area contributed by atoms with Crippen LogP contribution in [0.2, 0.25) is 0 Å². The van der Waals surface area contributed by atoms with Crippen molar-refractivity contribution in [1.82, 2.24) is 0 Å². The molecular formula is C20H20FNO2. The molecule has 5 rings (SSSR count). The van der Waals surface area contributed by atoms with Crippen LogP contribution in [0, 0.1) is 5.82 Å². The van der Waals surface area contributed by atoms with Crippen molar-refractivity contribution in [2.45, 2.75) is 31.3 Å². The molecule has 1 spiro atoms. The Balaban J connectivity index is 1.67. The van der Waals surface area contributed by atoms with E-state index in [0.29, 0.717) is 12.4 Å². The Morgan fingerprint density at radius 3 is 2.67 bits per heavy atom. The molecule has 3 heterocycles. The van der Waals surface area contributed by atoms with Gasteiger partial charge in [0.1, 0.15) is 11.4 Å². The molecule has 0 aromatic heterocycles. The quantitative estimate of drug-likeness (QED) is 0.766. The summed E-state index contributed by atoms with van der Waals surface area (Å²) in [6.45, 7) is 2.85. The van der Waals surface area contributed by atoms with E-state index < -0.39 is 5.60 Å². The molecule has 0 saturated carbocycles. The summed E-state index contributed by atoms with van der Waals surface area (Å²) in [6.07, 6.45) is 4.29. The lowest BCUT2D eigenvalue weighted by Gasteiger charge is -2.37. The summed E-state index contributed by atoms with van der Waals surface area (Å²) in [5.74, 6) is 0.740. The Hall–Kier alpha value is -2.07. The number of hydrogen-bond acceptors (Lipinski definition) is 3. The lowest BCUT2D eigenvalue weighted by Crippen LogP contribution is -2.31. The van der Waals surface area contributed by atoms with Gasteiger partial charge >= 0.3 is 0 Å². The van der Waals surface area contributed by atoms with E-state index in [1.165, 1.54) is 18.9 Å². The number of rotatable bonds is 1. The average molecular weight is 325 g/mol. The Morgan fingerprint density at radius 1 is 1.00 bits per heavy atom. The van der Waals surface area contributed by atoms with Crippen molar-refractivity contribution in [2.75, 3.05) is 24.6 Å². The fourth-order valence-corrected chi connectivity index (χ4v) is 4.35. The maximum absolute atomic E-state index is 14.4. The second-order valence-corrected chi connectivity index (χ2v) is 6.87. The molecule has 0 radical (unpaired) electrons. The van der Waals surface area contributed by atoms with E-state index >= 15 is 0 Å². The van der Waals surface area contributed by atoms with Gasteiger partial charge in [-0.25, -0.2) is 4.39 Å². The molecule has 0 aliphatic carbocycles. The van der Waals surface area contributed by atoms with Crippen molar-refractivity contribution >= 4 is 5.69 Å². The van der Waals surface area contributed by atoms with Gasteiger partial charge in [-0.2, -0.15) is 0 Å². The zero-order chi connectivity index (χ0) is 16.1. The number of hydrogen-bond donors (Lipinski definition) is 0. The first kappa shape index (κ1) is 14.3. The predicted molar refractivity (Wildman–Crippen MR) is 90.3 cm³/mol. The third-order valence-electron chi connectivity index (χ3n) is 5.51. The highest BCUT2D eigenvalue weighted by atomic mass is 19.1. The largest absolute Gasteiger partial charge is 0.453 e. The maximum Gasteiger partial charge on any atom is 0.169 e. The fraction of sp³-hybridized carbons (Fsp3) is 0.400. The number of nitrogens with zero attached hydrogens (tertiary/aromatic N) is 1. The molecule has 2 aromatic rings.